The van der Waals surface area contributed by atoms with Gasteiger partial charge in [0.25, 0.3) is 0 Å². The van der Waals surface area contributed by atoms with Crippen molar-refractivity contribution in [1.29, 1.82) is 0 Å². The molecule has 0 aliphatic heterocycles. The van der Waals surface area contributed by atoms with Gasteiger partial charge in [-0.2, -0.15) is 0 Å². The minimum Gasteiger partial charge on any atom is -0.481 e. The third-order valence-corrected chi connectivity index (χ3v) is 3.38. The monoisotopic (exact) mass is 254 g/mol. The van der Waals surface area contributed by atoms with Crippen LogP contribution in [0.5, 0.6) is 0 Å². The Hall–Kier alpha value is -2.23. The molecule has 0 amide bonds. The number of carboxylic acids is 1. The summed E-state index contributed by atoms with van der Waals surface area (Å²) >= 11 is 0. The van der Waals surface area contributed by atoms with Crippen LogP contribution in [0.25, 0.3) is 11.3 Å². The maximum absolute atomic E-state index is 10.9. The van der Waals surface area contributed by atoms with Crippen molar-refractivity contribution in [3.8, 4) is 11.3 Å². The number of aryl methyl sites for hydroxylation is 1. The Bertz CT molecular complexity index is 625. The number of aliphatic carboxylic acids is 1. The van der Waals surface area contributed by atoms with E-state index in [1.807, 2.05) is 43.3 Å². The number of carbonyl (C=O) groups is 1. The van der Waals surface area contributed by atoms with E-state index in [0.29, 0.717) is 12.2 Å². The van der Waals surface area contributed by atoms with E-state index >= 15 is 0 Å². The largest absolute Gasteiger partial charge is 0.481 e. The Labute approximate surface area is 111 Å². The highest BCUT2D eigenvalue weighted by Crippen LogP contribution is 2.46. The van der Waals surface area contributed by atoms with Crippen molar-refractivity contribution < 1.29 is 9.90 Å². The van der Waals surface area contributed by atoms with Crippen LogP contribution < -0.4 is 0 Å². The van der Waals surface area contributed by atoms with Gasteiger partial charge in [0, 0.05) is 17.2 Å². The highest BCUT2D eigenvalue weighted by atomic mass is 16.4. The predicted octanol–water partition coefficient (Wildman–Crippen LogP) is 2.64. The lowest BCUT2D eigenvalue weighted by molar-refractivity contribution is -0.138. The Morgan fingerprint density at radius 1 is 1.26 bits per heavy atom. The summed E-state index contributed by atoms with van der Waals surface area (Å²) in [4.78, 5) is 19.8. The summed E-state index contributed by atoms with van der Waals surface area (Å²) in [5.74, 6) is -0.437. The molecule has 4 nitrogen and oxygen atoms in total. The first kappa shape index (κ1) is 11.8. The normalized spacial score (nSPS) is 21.1. The zero-order valence-corrected chi connectivity index (χ0v) is 10.6. The van der Waals surface area contributed by atoms with E-state index in [-0.39, 0.29) is 11.8 Å². The molecule has 0 spiro atoms. The molecule has 2 aromatic rings. The van der Waals surface area contributed by atoms with Gasteiger partial charge in [-0.15, -0.1) is 0 Å². The van der Waals surface area contributed by atoms with Gasteiger partial charge in [-0.1, -0.05) is 30.3 Å². The van der Waals surface area contributed by atoms with Crippen molar-refractivity contribution in [2.24, 2.45) is 5.92 Å². The summed E-state index contributed by atoms with van der Waals surface area (Å²) < 4.78 is 0. The zero-order valence-electron chi connectivity index (χ0n) is 10.6. The van der Waals surface area contributed by atoms with Crippen LogP contribution in [-0.4, -0.2) is 21.0 Å². The number of carboxylic acid groups (broad SMARTS) is 1. The number of rotatable bonds is 3. The molecule has 0 saturated heterocycles. The van der Waals surface area contributed by atoms with Crippen LogP contribution in [0.15, 0.2) is 36.4 Å². The minimum absolute atomic E-state index is 0.0279. The molecule has 1 N–H and O–H groups in total. The van der Waals surface area contributed by atoms with Gasteiger partial charge in [0.1, 0.15) is 5.82 Å². The molecule has 2 atom stereocenters. The van der Waals surface area contributed by atoms with Crippen LogP contribution >= 0.6 is 0 Å². The average molecular weight is 254 g/mol. The maximum Gasteiger partial charge on any atom is 0.307 e. The lowest BCUT2D eigenvalue weighted by atomic mass is 10.1. The minimum atomic E-state index is -0.753. The SMILES string of the molecule is Cc1cc(-c2ccccc2)nc(C2CC2C(=O)O)n1. The van der Waals surface area contributed by atoms with Gasteiger partial charge >= 0.3 is 5.97 Å². The molecule has 96 valence electrons. The molecule has 1 aromatic heterocycles. The van der Waals surface area contributed by atoms with Gasteiger partial charge in [0.05, 0.1) is 11.6 Å². The standard InChI is InChI=1S/C15H14N2O2/c1-9-7-13(10-5-3-2-4-6-10)17-14(16-9)11-8-12(11)15(18)19/h2-7,11-12H,8H2,1H3,(H,18,19). The maximum atomic E-state index is 10.9. The zero-order chi connectivity index (χ0) is 13.4. The predicted molar refractivity (Wildman–Crippen MR) is 70.7 cm³/mol. The van der Waals surface area contributed by atoms with Crippen molar-refractivity contribution in [1.82, 2.24) is 9.97 Å². The number of aromatic nitrogens is 2. The van der Waals surface area contributed by atoms with Gasteiger partial charge in [0.2, 0.25) is 0 Å². The molecule has 1 aromatic carbocycles. The molecular formula is C15H14N2O2. The summed E-state index contributed by atoms with van der Waals surface area (Å²) in [6.45, 7) is 1.91. The Morgan fingerprint density at radius 2 is 2.00 bits per heavy atom. The van der Waals surface area contributed by atoms with Gasteiger partial charge in [-0.25, -0.2) is 9.97 Å². The summed E-state index contributed by atoms with van der Waals surface area (Å²) in [5.41, 5.74) is 2.76. The summed E-state index contributed by atoms with van der Waals surface area (Å²) in [7, 11) is 0. The lowest BCUT2D eigenvalue weighted by Crippen LogP contribution is -2.03. The molecule has 1 heterocycles. The number of hydrogen-bond donors (Lipinski definition) is 1. The Balaban J connectivity index is 1.96. The molecule has 0 radical (unpaired) electrons. The molecule has 1 aliphatic carbocycles. The number of hydrogen-bond acceptors (Lipinski definition) is 3. The quantitative estimate of drug-likeness (QED) is 0.914. The first-order valence-electron chi connectivity index (χ1n) is 6.29. The van der Waals surface area contributed by atoms with Gasteiger partial charge in [-0.05, 0) is 19.4 Å². The third kappa shape index (κ3) is 2.34. The van der Waals surface area contributed by atoms with E-state index in [1.54, 1.807) is 0 Å². The van der Waals surface area contributed by atoms with Gasteiger partial charge < -0.3 is 5.11 Å². The Kier molecular flexibility index (Phi) is 2.78. The lowest BCUT2D eigenvalue weighted by Gasteiger charge is -2.05. The molecule has 19 heavy (non-hydrogen) atoms. The molecule has 4 heteroatoms. The molecule has 3 rings (SSSR count). The van der Waals surface area contributed by atoms with Crippen molar-refractivity contribution in [2.75, 3.05) is 0 Å². The summed E-state index contributed by atoms with van der Waals surface area (Å²) in [5, 5.41) is 8.99. The van der Waals surface area contributed by atoms with Crippen molar-refractivity contribution in [2.45, 2.75) is 19.3 Å². The van der Waals surface area contributed by atoms with Gasteiger partial charge in [-0.3, -0.25) is 4.79 Å². The average Bonchev–Trinajstić information content (AvgIpc) is 3.19. The highest BCUT2D eigenvalue weighted by Gasteiger charge is 2.46. The van der Waals surface area contributed by atoms with E-state index in [4.69, 9.17) is 5.11 Å². The van der Waals surface area contributed by atoms with Crippen molar-refractivity contribution >= 4 is 5.97 Å². The molecule has 1 saturated carbocycles. The fraction of sp³-hybridized carbons (Fsp3) is 0.267. The van der Waals surface area contributed by atoms with E-state index in [0.717, 1.165) is 17.0 Å². The van der Waals surface area contributed by atoms with Gasteiger partial charge in [0.15, 0.2) is 0 Å². The van der Waals surface area contributed by atoms with E-state index in [2.05, 4.69) is 9.97 Å². The van der Waals surface area contributed by atoms with Crippen LogP contribution in [0.2, 0.25) is 0 Å². The second kappa shape index (κ2) is 4.46. The van der Waals surface area contributed by atoms with Crippen LogP contribution in [0.3, 0.4) is 0 Å². The first-order valence-corrected chi connectivity index (χ1v) is 6.29. The van der Waals surface area contributed by atoms with E-state index in [9.17, 15) is 4.79 Å². The second-order valence-electron chi connectivity index (χ2n) is 4.91. The topological polar surface area (TPSA) is 63.1 Å². The van der Waals surface area contributed by atoms with Crippen LogP contribution in [0.4, 0.5) is 0 Å². The van der Waals surface area contributed by atoms with Crippen molar-refractivity contribution in [3.63, 3.8) is 0 Å². The molecule has 0 bridgehead atoms. The second-order valence-corrected chi connectivity index (χ2v) is 4.91. The first-order chi connectivity index (χ1) is 9.15. The van der Waals surface area contributed by atoms with E-state index < -0.39 is 5.97 Å². The number of benzene rings is 1. The van der Waals surface area contributed by atoms with E-state index in [1.165, 1.54) is 0 Å². The van der Waals surface area contributed by atoms with Crippen LogP contribution in [-0.2, 0) is 4.79 Å². The van der Waals surface area contributed by atoms with Crippen LogP contribution in [0, 0.1) is 12.8 Å². The molecule has 1 fully saturated rings. The Morgan fingerprint density at radius 3 is 2.63 bits per heavy atom. The number of nitrogens with zero attached hydrogens (tertiary/aromatic N) is 2. The van der Waals surface area contributed by atoms with Crippen LogP contribution in [0.1, 0.15) is 23.9 Å². The third-order valence-electron chi connectivity index (χ3n) is 3.38. The molecule has 2 unspecified atom stereocenters. The van der Waals surface area contributed by atoms with Crippen molar-refractivity contribution in [3.05, 3.63) is 47.9 Å². The fourth-order valence-electron chi connectivity index (χ4n) is 2.27. The smallest absolute Gasteiger partial charge is 0.307 e. The summed E-state index contributed by atoms with van der Waals surface area (Å²) in [6.07, 6.45) is 0.646. The fourth-order valence-corrected chi connectivity index (χ4v) is 2.27. The highest BCUT2D eigenvalue weighted by molar-refractivity contribution is 5.75. The molecular weight excluding hydrogens is 240 g/mol. The summed E-state index contributed by atoms with van der Waals surface area (Å²) in [6, 6.07) is 11.8. The molecule has 1 aliphatic rings.